The first kappa shape index (κ1) is 12.8. The van der Waals surface area contributed by atoms with E-state index in [1.165, 1.54) is 0 Å². The largest absolute Gasteiger partial charge is 0.557 e. The Morgan fingerprint density at radius 3 is 3.14 bits per heavy atom. The normalized spacial score (nSPS) is 21.4. The van der Waals surface area contributed by atoms with Gasteiger partial charge in [0, 0.05) is 0 Å². The average molecular weight is 297 g/mol. The maximum absolute atomic E-state index is 11.2. The number of hydroxylamine groups is 3. The van der Waals surface area contributed by atoms with Crippen molar-refractivity contribution in [3.05, 3.63) is 59.9 Å². The maximum atomic E-state index is 11.2. The minimum Gasteiger partial charge on any atom is -0.446 e. The van der Waals surface area contributed by atoms with Crippen molar-refractivity contribution in [1.29, 1.82) is 0 Å². The Bertz CT molecular complexity index is 852. The average Bonchev–Trinajstić information content (AvgIpc) is 3.04. The predicted octanol–water partition coefficient (Wildman–Crippen LogP) is 2.35. The highest BCUT2D eigenvalue weighted by atomic mass is 16.8. The summed E-state index contributed by atoms with van der Waals surface area (Å²) >= 11 is 0. The molecular formula is C15H13N4O3+. The van der Waals surface area contributed by atoms with E-state index in [1.807, 2.05) is 29.7 Å². The third-order valence-electron chi connectivity index (χ3n) is 3.94. The van der Waals surface area contributed by atoms with Crippen LogP contribution in [0.1, 0.15) is 16.8 Å². The molecule has 0 bridgehead atoms. The van der Waals surface area contributed by atoms with Gasteiger partial charge in [0.25, 0.3) is 5.84 Å². The number of rotatable bonds is 1. The number of nitrogens with zero attached hydrogens (tertiary/aromatic N) is 4. The quantitative estimate of drug-likeness (QED) is 0.820. The lowest BCUT2D eigenvalue weighted by atomic mass is 10.1. The molecule has 1 aromatic carbocycles. The molecule has 0 spiro atoms. The van der Waals surface area contributed by atoms with Gasteiger partial charge in [0.15, 0.2) is 12.7 Å². The van der Waals surface area contributed by atoms with Gasteiger partial charge in [-0.05, 0) is 23.2 Å². The van der Waals surface area contributed by atoms with Gasteiger partial charge in [-0.1, -0.05) is 12.1 Å². The monoisotopic (exact) mass is 297 g/mol. The Hall–Kier alpha value is -2.93. The van der Waals surface area contributed by atoms with E-state index < -0.39 is 6.16 Å². The lowest BCUT2D eigenvalue weighted by molar-refractivity contribution is -0.986. The van der Waals surface area contributed by atoms with Crippen LogP contribution in [0.25, 0.3) is 5.69 Å². The zero-order valence-corrected chi connectivity index (χ0v) is 11.8. The van der Waals surface area contributed by atoms with Gasteiger partial charge in [0.1, 0.15) is 5.69 Å². The predicted molar refractivity (Wildman–Crippen MR) is 77.1 cm³/mol. The van der Waals surface area contributed by atoms with Gasteiger partial charge in [-0.2, -0.15) is 9.79 Å². The molecule has 2 aliphatic rings. The molecule has 4 rings (SSSR count). The van der Waals surface area contributed by atoms with E-state index in [0.717, 1.165) is 22.5 Å². The number of aromatic nitrogens is 2. The lowest BCUT2D eigenvalue weighted by Gasteiger charge is -2.25. The molecule has 1 aromatic heterocycles. The maximum Gasteiger partial charge on any atom is 0.557 e. The molecule has 1 atom stereocenters. The van der Waals surface area contributed by atoms with Crippen molar-refractivity contribution in [3.8, 4) is 5.69 Å². The smallest absolute Gasteiger partial charge is 0.446 e. The molecule has 0 radical (unpaired) electrons. The SMILES string of the molecule is Cc1cccc2c1-n1cncc1C[N+]1(OC(=O)O)C=CN=C21. The van der Waals surface area contributed by atoms with Gasteiger partial charge < -0.3 is 5.11 Å². The van der Waals surface area contributed by atoms with E-state index in [0.29, 0.717) is 12.4 Å². The fourth-order valence-corrected chi connectivity index (χ4v) is 3.07. The highest BCUT2D eigenvalue weighted by molar-refractivity contribution is 5.99. The van der Waals surface area contributed by atoms with Crippen LogP contribution in [0.15, 0.2) is 48.1 Å². The molecule has 1 unspecified atom stereocenters. The number of fused-ring (bicyclic) bond motifs is 5. The minimum atomic E-state index is -1.35. The number of aliphatic imine (C=N–C) groups is 1. The first-order valence-corrected chi connectivity index (χ1v) is 6.79. The third kappa shape index (κ3) is 1.63. The topological polar surface area (TPSA) is 76.7 Å². The first-order valence-electron chi connectivity index (χ1n) is 6.79. The fourth-order valence-electron chi connectivity index (χ4n) is 3.07. The Kier molecular flexibility index (Phi) is 2.49. The molecule has 7 heteroatoms. The van der Waals surface area contributed by atoms with Crippen LogP contribution in [0.2, 0.25) is 0 Å². The molecule has 1 N–H and O–H groups in total. The van der Waals surface area contributed by atoms with Gasteiger partial charge in [0.2, 0.25) is 0 Å². The summed E-state index contributed by atoms with van der Waals surface area (Å²) in [6, 6.07) is 5.84. The second-order valence-corrected chi connectivity index (χ2v) is 5.29. The van der Waals surface area contributed by atoms with Gasteiger partial charge in [-0.3, -0.25) is 4.57 Å². The van der Waals surface area contributed by atoms with Gasteiger partial charge in [-0.25, -0.2) is 9.82 Å². The standard InChI is InChI=1S/C15H12N4O3/c1-10-3-2-4-12-13(10)18-9-16-7-11(18)8-19(22-15(20)21)6-5-17-14(12)19/h2-7,9H,8H2,1H3/p+1. The number of para-hydroxylation sites is 1. The number of hydrogen-bond donors (Lipinski definition) is 1. The van der Waals surface area contributed by atoms with Crippen LogP contribution < -0.4 is 0 Å². The number of quaternary nitrogens is 1. The molecule has 2 aliphatic heterocycles. The highest BCUT2D eigenvalue weighted by Gasteiger charge is 2.47. The second-order valence-electron chi connectivity index (χ2n) is 5.29. The summed E-state index contributed by atoms with van der Waals surface area (Å²) in [5, 5.41) is 9.15. The van der Waals surface area contributed by atoms with E-state index in [9.17, 15) is 4.79 Å². The molecule has 0 saturated carbocycles. The van der Waals surface area contributed by atoms with Crippen LogP contribution in [-0.2, 0) is 11.4 Å². The summed E-state index contributed by atoms with van der Waals surface area (Å²) < 4.78 is 1.65. The van der Waals surface area contributed by atoms with Crippen LogP contribution in [-0.4, -0.2) is 31.3 Å². The summed E-state index contributed by atoms with van der Waals surface area (Å²) in [7, 11) is 0. The van der Waals surface area contributed by atoms with Crippen LogP contribution >= 0.6 is 0 Å². The van der Waals surface area contributed by atoms with Crippen molar-refractivity contribution in [2.75, 3.05) is 0 Å². The Morgan fingerprint density at radius 1 is 1.45 bits per heavy atom. The zero-order chi connectivity index (χ0) is 15.3. The van der Waals surface area contributed by atoms with E-state index >= 15 is 0 Å². The molecule has 0 aliphatic carbocycles. The fraction of sp³-hybridized carbons (Fsp3) is 0.133. The third-order valence-corrected chi connectivity index (χ3v) is 3.94. The molecular weight excluding hydrogens is 284 g/mol. The highest BCUT2D eigenvalue weighted by Crippen LogP contribution is 2.34. The van der Waals surface area contributed by atoms with Crippen molar-refractivity contribution in [2.45, 2.75) is 13.5 Å². The van der Waals surface area contributed by atoms with Crippen LogP contribution in [0, 0.1) is 6.92 Å². The number of benzene rings is 1. The van der Waals surface area contributed by atoms with E-state index in [4.69, 9.17) is 9.94 Å². The molecule has 2 aromatic rings. The van der Waals surface area contributed by atoms with Crippen molar-refractivity contribution >= 4 is 12.0 Å². The number of carbonyl (C=O) groups is 1. The lowest BCUT2D eigenvalue weighted by Crippen LogP contribution is -2.46. The Balaban J connectivity index is 2.03. The molecule has 0 fully saturated rings. The molecule has 0 saturated heterocycles. The van der Waals surface area contributed by atoms with Crippen molar-refractivity contribution in [2.24, 2.45) is 4.99 Å². The van der Waals surface area contributed by atoms with E-state index in [2.05, 4.69) is 9.98 Å². The van der Waals surface area contributed by atoms with Crippen LogP contribution in [0.3, 0.4) is 0 Å². The zero-order valence-electron chi connectivity index (χ0n) is 11.8. The number of aryl methyl sites for hydroxylation is 1. The van der Waals surface area contributed by atoms with Crippen molar-refractivity contribution < 1.29 is 19.4 Å². The van der Waals surface area contributed by atoms with Gasteiger partial charge in [0.05, 0.1) is 30.0 Å². The van der Waals surface area contributed by atoms with E-state index in [-0.39, 0.29) is 4.65 Å². The number of carboxylic acid groups (broad SMARTS) is 1. The van der Waals surface area contributed by atoms with E-state index in [1.54, 1.807) is 24.9 Å². The molecule has 110 valence electrons. The first-order chi connectivity index (χ1) is 10.6. The summed E-state index contributed by atoms with van der Waals surface area (Å²) in [5.41, 5.74) is 3.70. The van der Waals surface area contributed by atoms with Crippen molar-refractivity contribution in [1.82, 2.24) is 9.55 Å². The van der Waals surface area contributed by atoms with Crippen LogP contribution in [0.4, 0.5) is 4.79 Å². The number of hydrogen-bond acceptors (Lipinski definition) is 4. The number of amidine groups is 1. The summed E-state index contributed by atoms with van der Waals surface area (Å²) in [5.74, 6) is 0.560. The molecule has 3 heterocycles. The summed E-state index contributed by atoms with van der Waals surface area (Å²) in [4.78, 5) is 25.0. The minimum absolute atomic E-state index is 0.301. The second kappa shape index (κ2) is 4.28. The van der Waals surface area contributed by atoms with Gasteiger partial charge >= 0.3 is 6.16 Å². The Morgan fingerprint density at radius 2 is 2.32 bits per heavy atom. The van der Waals surface area contributed by atoms with Crippen LogP contribution in [0.5, 0.6) is 0 Å². The molecule has 0 amide bonds. The molecule has 7 nitrogen and oxygen atoms in total. The van der Waals surface area contributed by atoms with Crippen molar-refractivity contribution in [3.63, 3.8) is 0 Å². The summed E-state index contributed by atoms with van der Waals surface area (Å²) in [6.07, 6.45) is 5.32. The number of imidazole rings is 1. The Labute approximate surface area is 126 Å². The summed E-state index contributed by atoms with van der Waals surface area (Å²) in [6.45, 7) is 2.30. The molecule has 22 heavy (non-hydrogen) atoms. The van der Waals surface area contributed by atoms with Gasteiger partial charge in [-0.15, -0.1) is 0 Å².